The Hall–Kier alpha value is -1.72. The van der Waals surface area contributed by atoms with E-state index in [1.54, 1.807) is 0 Å². The Morgan fingerprint density at radius 2 is 1.75 bits per heavy atom. The molecule has 3 rings (SSSR count). The summed E-state index contributed by atoms with van der Waals surface area (Å²) in [6.45, 7) is 7.97. The minimum atomic E-state index is 0.730. The zero-order chi connectivity index (χ0) is 11.9. The van der Waals surface area contributed by atoms with Gasteiger partial charge in [-0.2, -0.15) is 10.5 Å². The van der Waals surface area contributed by atoms with E-state index in [-0.39, 0.29) is 0 Å². The predicted molar refractivity (Wildman–Crippen MR) is 58.2 cm³/mol. The largest absolute Gasteiger partial charge is 0.422 e. The second-order valence-electron chi connectivity index (χ2n) is 3.98. The first kappa shape index (κ1) is 12.4. The van der Waals surface area contributed by atoms with Crippen molar-refractivity contribution in [2.45, 2.75) is 0 Å². The second-order valence-corrected chi connectivity index (χ2v) is 3.98. The van der Waals surface area contributed by atoms with E-state index in [2.05, 4.69) is 16.0 Å². The smallest absolute Gasteiger partial charge is 0.166 e. The summed E-state index contributed by atoms with van der Waals surface area (Å²) in [7, 11) is 0. The van der Waals surface area contributed by atoms with E-state index in [1.807, 2.05) is 0 Å². The molecule has 0 spiro atoms. The highest BCUT2D eigenvalue weighted by atomic mass is 15.4. The summed E-state index contributed by atoms with van der Waals surface area (Å²) < 4.78 is 1.08. The van der Waals surface area contributed by atoms with Gasteiger partial charge in [0.25, 0.3) is 0 Å². The minimum Gasteiger partial charge on any atom is -0.422 e. The minimum absolute atomic E-state index is 0.730. The van der Waals surface area contributed by atoms with E-state index in [4.69, 9.17) is 15.9 Å². The van der Waals surface area contributed by atoms with Crippen LogP contribution in [0.15, 0.2) is 4.99 Å². The number of fused-ring (bicyclic) bond motifs is 3. The molecule has 2 bridgehead atoms. The molecule has 0 saturated carbocycles. The maximum atomic E-state index is 8.65. The van der Waals surface area contributed by atoms with Crippen molar-refractivity contribution >= 4 is 6.01 Å². The van der Waals surface area contributed by atoms with Crippen LogP contribution in [0.25, 0.3) is 5.41 Å². The molecule has 3 heterocycles. The Morgan fingerprint density at radius 3 is 2.06 bits per heavy atom. The molecule has 0 aromatic rings. The number of aliphatic imine (C=N–C) groups is 1. The lowest BCUT2D eigenvalue weighted by atomic mass is 10.1. The Balaban J connectivity index is 0.000000221. The van der Waals surface area contributed by atoms with Crippen LogP contribution < -0.4 is 0 Å². The lowest BCUT2D eigenvalue weighted by molar-refractivity contribution is -0.934. The highest BCUT2D eigenvalue weighted by Gasteiger charge is 2.37. The second kappa shape index (κ2) is 5.99. The number of rotatable bonds is 1. The van der Waals surface area contributed by atoms with Crippen LogP contribution in [-0.4, -0.2) is 61.2 Å². The van der Waals surface area contributed by atoms with E-state index >= 15 is 0 Å². The average molecular weight is 218 g/mol. The summed E-state index contributed by atoms with van der Waals surface area (Å²) >= 11 is 0. The van der Waals surface area contributed by atoms with Crippen molar-refractivity contribution in [1.82, 2.24) is 4.90 Å². The Bertz CT molecular complexity index is 335. The maximum absolute atomic E-state index is 8.65. The SMILES string of the molecule is N#CC[N+]12CCN(CC1)CC2.N#CN=C=[N-]. The standard InChI is InChI=1S/C8H14N3.C2N3/c9-1-5-11-6-2-10(3-7-11)4-8-11;3-1-5-2-4/h2-8H2;/q+1;-1. The molecule has 0 amide bonds. The van der Waals surface area contributed by atoms with Crippen LogP contribution in [0, 0.1) is 22.8 Å². The molecule has 84 valence electrons. The number of piperazine rings is 3. The van der Waals surface area contributed by atoms with E-state index < -0.39 is 0 Å². The third-order valence-electron chi connectivity index (χ3n) is 3.18. The molecule has 16 heavy (non-hydrogen) atoms. The van der Waals surface area contributed by atoms with E-state index in [0.29, 0.717) is 0 Å². The van der Waals surface area contributed by atoms with Crippen LogP contribution >= 0.6 is 0 Å². The van der Waals surface area contributed by atoms with Crippen LogP contribution in [-0.2, 0) is 0 Å². The van der Waals surface area contributed by atoms with Gasteiger partial charge in [0.2, 0.25) is 0 Å². The molecule has 0 N–H and O–H groups in total. The van der Waals surface area contributed by atoms with Gasteiger partial charge in [-0.3, -0.25) is 4.90 Å². The van der Waals surface area contributed by atoms with Gasteiger partial charge in [0, 0.05) is 19.6 Å². The van der Waals surface area contributed by atoms with E-state index in [1.165, 1.54) is 51.5 Å². The van der Waals surface area contributed by atoms with Crippen LogP contribution in [0.3, 0.4) is 0 Å². The molecule has 0 aromatic carbocycles. The lowest BCUT2D eigenvalue weighted by Gasteiger charge is -2.49. The Morgan fingerprint density at radius 1 is 1.19 bits per heavy atom. The van der Waals surface area contributed by atoms with Crippen molar-refractivity contribution in [3.63, 3.8) is 0 Å². The number of hydrogen-bond donors (Lipinski definition) is 0. The first-order chi connectivity index (χ1) is 7.76. The molecule has 3 fully saturated rings. The zero-order valence-electron chi connectivity index (χ0n) is 9.13. The molecule has 0 aromatic heterocycles. The predicted octanol–water partition coefficient (Wildman–Crippen LogP) is -0.133. The summed E-state index contributed by atoms with van der Waals surface area (Å²) in [6, 6.07) is 3.59. The van der Waals surface area contributed by atoms with E-state index in [9.17, 15) is 0 Å². The van der Waals surface area contributed by atoms with Crippen LogP contribution in [0.1, 0.15) is 0 Å². The van der Waals surface area contributed by atoms with E-state index in [0.717, 1.165) is 11.0 Å². The molecule has 6 nitrogen and oxygen atoms in total. The van der Waals surface area contributed by atoms with Gasteiger partial charge in [-0.05, 0) is 0 Å². The van der Waals surface area contributed by atoms with Crippen LogP contribution in [0.2, 0.25) is 0 Å². The molecular formula is C10H14N6. The van der Waals surface area contributed by atoms with Crippen molar-refractivity contribution in [3.8, 4) is 12.3 Å². The van der Waals surface area contributed by atoms with Crippen LogP contribution in [0.5, 0.6) is 0 Å². The van der Waals surface area contributed by atoms with Gasteiger partial charge >= 0.3 is 0 Å². The third-order valence-corrected chi connectivity index (χ3v) is 3.18. The highest BCUT2D eigenvalue weighted by molar-refractivity contribution is 5.46. The zero-order valence-corrected chi connectivity index (χ0v) is 9.13. The first-order valence-corrected chi connectivity index (χ1v) is 5.19. The molecule has 6 heteroatoms. The summed E-state index contributed by atoms with van der Waals surface area (Å²) in [5, 5.41) is 23.5. The first-order valence-electron chi connectivity index (χ1n) is 5.19. The molecule has 0 radical (unpaired) electrons. The maximum Gasteiger partial charge on any atom is 0.166 e. The summed E-state index contributed by atoms with van der Waals surface area (Å²) in [5.41, 5.74) is 0. The molecule has 3 saturated heterocycles. The number of nitrogens with zero attached hydrogens (tertiary/aromatic N) is 6. The van der Waals surface area contributed by atoms with Crippen LogP contribution in [0.4, 0.5) is 0 Å². The molecule has 0 aliphatic carbocycles. The van der Waals surface area contributed by atoms with Gasteiger partial charge in [0.1, 0.15) is 6.07 Å². The van der Waals surface area contributed by atoms with Gasteiger partial charge < -0.3 is 14.9 Å². The highest BCUT2D eigenvalue weighted by Crippen LogP contribution is 2.18. The molecule has 0 atom stereocenters. The number of nitriles is 2. The van der Waals surface area contributed by atoms with Gasteiger partial charge in [-0.25, -0.2) is 0 Å². The van der Waals surface area contributed by atoms with Gasteiger partial charge in [-0.15, -0.1) is 6.01 Å². The molecule has 3 aliphatic rings. The summed E-state index contributed by atoms with van der Waals surface area (Å²) in [5.74, 6) is 0. The topological polar surface area (TPSA) is 85.5 Å². The number of quaternary nitrogens is 1. The lowest BCUT2D eigenvalue weighted by Crippen LogP contribution is -2.67. The third kappa shape index (κ3) is 3.15. The van der Waals surface area contributed by atoms with Gasteiger partial charge in [0.15, 0.2) is 6.54 Å². The fourth-order valence-electron chi connectivity index (χ4n) is 2.14. The van der Waals surface area contributed by atoms with Crippen molar-refractivity contribution in [2.24, 2.45) is 4.99 Å². The summed E-state index contributed by atoms with van der Waals surface area (Å²) in [4.78, 5) is 5.08. The monoisotopic (exact) mass is 218 g/mol. The van der Waals surface area contributed by atoms with Crippen molar-refractivity contribution in [3.05, 3.63) is 5.41 Å². The Labute approximate surface area is 95.1 Å². The van der Waals surface area contributed by atoms with Gasteiger partial charge in [-0.1, -0.05) is 0 Å². The fourth-order valence-corrected chi connectivity index (χ4v) is 2.14. The van der Waals surface area contributed by atoms with Crippen molar-refractivity contribution in [2.75, 3.05) is 45.8 Å². The Kier molecular flexibility index (Phi) is 4.63. The van der Waals surface area contributed by atoms with Crippen molar-refractivity contribution < 1.29 is 4.48 Å². The molecule has 0 unspecified atom stereocenters. The number of hydrogen-bond acceptors (Lipinski definition) is 4. The fraction of sp³-hybridized carbons (Fsp3) is 0.700. The van der Waals surface area contributed by atoms with Gasteiger partial charge in [0.05, 0.1) is 25.8 Å². The normalized spacial score (nSPS) is 30.0. The summed E-state index contributed by atoms with van der Waals surface area (Å²) in [6.07, 6.45) is 1.28. The van der Waals surface area contributed by atoms with Crippen molar-refractivity contribution in [1.29, 1.82) is 10.5 Å². The molecule has 3 aliphatic heterocycles. The average Bonchev–Trinajstić information content (AvgIpc) is 2.33. The molecular weight excluding hydrogens is 204 g/mol. The quantitative estimate of drug-likeness (QED) is 0.266.